The monoisotopic (exact) mass is 438 g/mol. The molecule has 2 aromatic carbocycles. The van der Waals surface area contributed by atoms with Gasteiger partial charge in [0, 0.05) is 41.8 Å². The molecule has 4 nitrogen and oxygen atoms in total. The minimum absolute atomic E-state index is 0.0152. The number of hydrogen-bond donors (Lipinski definition) is 0. The minimum atomic E-state index is 0.0152. The molecule has 0 N–H and O–H groups in total. The van der Waals surface area contributed by atoms with Gasteiger partial charge in [0.15, 0.2) is 0 Å². The molecule has 164 valence electrons. The molecule has 5 heteroatoms. The number of para-hydroxylation sites is 1. The van der Waals surface area contributed by atoms with Crippen LogP contribution in [0.5, 0.6) is 0 Å². The van der Waals surface area contributed by atoms with Gasteiger partial charge in [0.05, 0.1) is 0 Å². The number of amides is 2. The lowest BCUT2D eigenvalue weighted by Gasteiger charge is -2.28. The van der Waals surface area contributed by atoms with E-state index in [-0.39, 0.29) is 17.7 Å². The van der Waals surface area contributed by atoms with Gasteiger partial charge in [0.25, 0.3) is 5.91 Å². The zero-order valence-corrected chi connectivity index (χ0v) is 18.8. The standard InChI is InChI=1S/C26H31ClN2O2/c27-23-15-13-20(14-16-23)25(30)28-17-7-3-1-2-4-8-18-29(26(31)21-11-12-21)24-10-6-5-9-22(24)19-28/h5-6,9-10,13-16,21H,1-4,7-8,11-12,17-19H2. The first-order valence-corrected chi connectivity index (χ1v) is 12.0. The van der Waals surface area contributed by atoms with Gasteiger partial charge in [-0.05, 0) is 61.6 Å². The second kappa shape index (κ2) is 10.3. The van der Waals surface area contributed by atoms with E-state index in [2.05, 4.69) is 6.07 Å². The average molecular weight is 439 g/mol. The first kappa shape index (κ1) is 21.9. The van der Waals surface area contributed by atoms with Crippen molar-refractivity contribution in [1.82, 2.24) is 4.90 Å². The molecular formula is C26H31ClN2O2. The summed E-state index contributed by atoms with van der Waals surface area (Å²) < 4.78 is 0. The van der Waals surface area contributed by atoms with Gasteiger partial charge in [-0.1, -0.05) is 55.5 Å². The topological polar surface area (TPSA) is 40.6 Å². The summed E-state index contributed by atoms with van der Waals surface area (Å²) in [5.41, 5.74) is 2.66. The molecule has 31 heavy (non-hydrogen) atoms. The molecule has 2 amide bonds. The minimum Gasteiger partial charge on any atom is -0.334 e. The number of anilines is 1. The Morgan fingerprint density at radius 2 is 1.45 bits per heavy atom. The Kier molecular flexibility index (Phi) is 7.29. The van der Waals surface area contributed by atoms with E-state index in [4.69, 9.17) is 11.6 Å². The molecule has 0 unspecified atom stereocenters. The fourth-order valence-corrected chi connectivity index (χ4v) is 4.45. The van der Waals surface area contributed by atoms with E-state index in [9.17, 15) is 9.59 Å². The zero-order valence-electron chi connectivity index (χ0n) is 18.1. The number of nitrogens with zero attached hydrogens (tertiary/aromatic N) is 2. The smallest absolute Gasteiger partial charge is 0.254 e. The Balaban J connectivity index is 1.64. The highest BCUT2D eigenvalue weighted by atomic mass is 35.5. The van der Waals surface area contributed by atoms with Gasteiger partial charge >= 0.3 is 0 Å². The fourth-order valence-electron chi connectivity index (χ4n) is 4.32. The molecule has 0 saturated heterocycles. The van der Waals surface area contributed by atoms with Crippen LogP contribution in [0, 0.1) is 5.92 Å². The summed E-state index contributed by atoms with van der Waals surface area (Å²) in [5, 5.41) is 0.626. The molecule has 0 aromatic heterocycles. The van der Waals surface area contributed by atoms with E-state index in [1.54, 1.807) is 24.3 Å². The molecule has 1 aliphatic carbocycles. The van der Waals surface area contributed by atoms with Crippen molar-refractivity contribution < 1.29 is 9.59 Å². The lowest BCUT2D eigenvalue weighted by Crippen LogP contribution is -2.36. The third-order valence-corrected chi connectivity index (χ3v) is 6.53. The number of halogens is 1. The van der Waals surface area contributed by atoms with Gasteiger partial charge in [0.2, 0.25) is 5.91 Å². The van der Waals surface area contributed by atoms with Gasteiger partial charge in [0.1, 0.15) is 0 Å². The third kappa shape index (κ3) is 5.68. The Labute approximate surface area is 190 Å². The third-order valence-electron chi connectivity index (χ3n) is 6.27. The van der Waals surface area contributed by atoms with Crippen molar-refractivity contribution in [2.24, 2.45) is 5.92 Å². The highest BCUT2D eigenvalue weighted by Gasteiger charge is 2.34. The van der Waals surface area contributed by atoms with Crippen LogP contribution in [-0.2, 0) is 11.3 Å². The predicted octanol–water partition coefficient (Wildman–Crippen LogP) is 6.08. The Morgan fingerprint density at radius 1 is 0.806 bits per heavy atom. The maximum atomic E-state index is 13.3. The van der Waals surface area contributed by atoms with Gasteiger partial charge in [-0.25, -0.2) is 0 Å². The molecule has 0 bridgehead atoms. The largest absolute Gasteiger partial charge is 0.334 e. The predicted molar refractivity (Wildman–Crippen MR) is 125 cm³/mol. The normalized spacial score (nSPS) is 18.4. The maximum Gasteiger partial charge on any atom is 0.254 e. The first-order chi connectivity index (χ1) is 15.1. The molecule has 1 aliphatic heterocycles. The summed E-state index contributed by atoms with van der Waals surface area (Å²) in [6.07, 6.45) is 8.63. The summed E-state index contributed by atoms with van der Waals surface area (Å²) >= 11 is 6.02. The summed E-state index contributed by atoms with van der Waals surface area (Å²) in [4.78, 5) is 30.4. The van der Waals surface area contributed by atoms with E-state index in [1.165, 1.54) is 12.8 Å². The van der Waals surface area contributed by atoms with Crippen LogP contribution in [0.15, 0.2) is 48.5 Å². The zero-order chi connectivity index (χ0) is 21.6. The molecule has 0 atom stereocenters. The molecule has 1 saturated carbocycles. The summed E-state index contributed by atoms with van der Waals surface area (Å²) in [6, 6.07) is 15.2. The Bertz CT molecular complexity index is 908. The highest BCUT2D eigenvalue weighted by molar-refractivity contribution is 6.30. The number of rotatable bonds is 2. The first-order valence-electron chi connectivity index (χ1n) is 11.6. The quantitative estimate of drug-likeness (QED) is 0.570. The van der Waals surface area contributed by atoms with Crippen molar-refractivity contribution in [2.45, 2.75) is 57.9 Å². The second-order valence-corrected chi connectivity index (χ2v) is 9.18. The van der Waals surface area contributed by atoms with Crippen LogP contribution in [0.1, 0.15) is 67.3 Å². The van der Waals surface area contributed by atoms with E-state index >= 15 is 0 Å². The number of carbonyl (C=O) groups is 2. The second-order valence-electron chi connectivity index (χ2n) is 8.75. The van der Waals surface area contributed by atoms with Crippen molar-refractivity contribution in [3.05, 3.63) is 64.7 Å². The van der Waals surface area contributed by atoms with E-state index in [0.29, 0.717) is 23.7 Å². The van der Waals surface area contributed by atoms with Crippen molar-refractivity contribution in [2.75, 3.05) is 18.0 Å². The van der Waals surface area contributed by atoms with Crippen LogP contribution in [0.2, 0.25) is 5.02 Å². The maximum absolute atomic E-state index is 13.3. The molecular weight excluding hydrogens is 408 g/mol. The SMILES string of the molecule is O=C(c1ccc(Cl)cc1)N1CCCCCCCCN(C(=O)C2CC2)c2ccccc2C1. The van der Waals surface area contributed by atoms with Crippen molar-refractivity contribution in [3.8, 4) is 0 Å². The number of hydrogen-bond acceptors (Lipinski definition) is 2. The van der Waals surface area contributed by atoms with Gasteiger partial charge < -0.3 is 9.80 Å². The molecule has 2 aromatic rings. The van der Waals surface area contributed by atoms with E-state index < -0.39 is 0 Å². The lowest BCUT2D eigenvalue weighted by atomic mass is 10.1. The Hall–Kier alpha value is -2.33. The van der Waals surface area contributed by atoms with E-state index in [1.807, 2.05) is 28.0 Å². The van der Waals surface area contributed by atoms with Crippen LogP contribution < -0.4 is 4.90 Å². The number of carbonyl (C=O) groups excluding carboxylic acids is 2. The Morgan fingerprint density at radius 3 is 2.16 bits per heavy atom. The summed E-state index contributed by atoms with van der Waals surface area (Å²) in [6.45, 7) is 1.98. The molecule has 4 rings (SSSR count). The van der Waals surface area contributed by atoms with Crippen LogP contribution in [0.4, 0.5) is 5.69 Å². The van der Waals surface area contributed by atoms with Gasteiger partial charge in [-0.2, -0.15) is 0 Å². The molecule has 1 fully saturated rings. The van der Waals surface area contributed by atoms with Crippen LogP contribution in [0.3, 0.4) is 0 Å². The summed E-state index contributed by atoms with van der Waals surface area (Å²) in [7, 11) is 0. The van der Waals surface area contributed by atoms with Crippen LogP contribution >= 0.6 is 11.6 Å². The average Bonchev–Trinajstić information content (AvgIpc) is 3.62. The number of benzene rings is 2. The van der Waals surface area contributed by atoms with E-state index in [0.717, 1.165) is 56.3 Å². The van der Waals surface area contributed by atoms with Crippen LogP contribution in [0.25, 0.3) is 0 Å². The summed E-state index contributed by atoms with van der Waals surface area (Å²) in [5.74, 6) is 0.440. The van der Waals surface area contributed by atoms with Crippen molar-refractivity contribution in [3.63, 3.8) is 0 Å². The van der Waals surface area contributed by atoms with Crippen molar-refractivity contribution >= 4 is 29.1 Å². The van der Waals surface area contributed by atoms with Gasteiger partial charge in [-0.15, -0.1) is 0 Å². The van der Waals surface area contributed by atoms with Gasteiger partial charge in [-0.3, -0.25) is 9.59 Å². The number of fused-ring (bicyclic) bond motifs is 1. The lowest BCUT2D eigenvalue weighted by molar-refractivity contribution is -0.119. The molecule has 2 aliphatic rings. The van der Waals surface area contributed by atoms with Crippen molar-refractivity contribution in [1.29, 1.82) is 0 Å². The molecule has 1 heterocycles. The fraction of sp³-hybridized carbons (Fsp3) is 0.462. The molecule has 0 spiro atoms. The molecule has 0 radical (unpaired) electrons. The highest BCUT2D eigenvalue weighted by Crippen LogP contribution is 2.34. The van der Waals surface area contributed by atoms with Crippen LogP contribution in [-0.4, -0.2) is 29.8 Å².